The molecular weight excluding hydrogens is 250 g/mol. The van der Waals surface area contributed by atoms with E-state index in [4.69, 9.17) is 4.74 Å². The van der Waals surface area contributed by atoms with Crippen LogP contribution in [0.25, 0.3) is 11.3 Å². The van der Waals surface area contributed by atoms with E-state index >= 15 is 0 Å². The smallest absolute Gasteiger partial charge is 0.0953 e. The van der Waals surface area contributed by atoms with Gasteiger partial charge in [-0.15, -0.1) is 0 Å². The van der Waals surface area contributed by atoms with Crippen molar-refractivity contribution in [2.45, 2.75) is 25.8 Å². The minimum atomic E-state index is 0.379. The number of nitrogens with one attached hydrogen (secondary N) is 1. The third-order valence-electron chi connectivity index (χ3n) is 4.00. The number of benzene rings is 1. The van der Waals surface area contributed by atoms with Crippen molar-refractivity contribution in [2.75, 3.05) is 25.6 Å². The van der Waals surface area contributed by atoms with Crippen LogP contribution in [0.1, 0.15) is 24.9 Å². The summed E-state index contributed by atoms with van der Waals surface area (Å²) in [5, 5.41) is 3.50. The number of methoxy groups -OCH3 is 1. The molecular formula is C16H21N3O. The first kappa shape index (κ1) is 13.2. The Hall–Kier alpha value is -1.81. The molecule has 0 bridgehead atoms. The van der Waals surface area contributed by atoms with Crippen LogP contribution in [-0.2, 0) is 11.2 Å². The molecule has 0 saturated heterocycles. The van der Waals surface area contributed by atoms with Crippen molar-refractivity contribution < 1.29 is 4.74 Å². The zero-order valence-corrected chi connectivity index (χ0v) is 12.1. The van der Waals surface area contributed by atoms with Gasteiger partial charge < -0.3 is 14.6 Å². The van der Waals surface area contributed by atoms with E-state index in [1.807, 2.05) is 12.5 Å². The molecule has 1 aromatic carbocycles. The SMILES string of the molecule is COCCC(C)n1cncc1-c1cccc2c1NCC2. The summed E-state index contributed by atoms with van der Waals surface area (Å²) in [4.78, 5) is 4.35. The molecule has 1 aromatic heterocycles. The molecule has 0 saturated carbocycles. The average Bonchev–Trinajstić information content (AvgIpc) is 3.12. The summed E-state index contributed by atoms with van der Waals surface area (Å²) in [5.41, 5.74) is 5.11. The van der Waals surface area contributed by atoms with Gasteiger partial charge in [-0.2, -0.15) is 0 Å². The Labute approximate surface area is 119 Å². The maximum absolute atomic E-state index is 5.18. The third kappa shape index (κ3) is 2.31. The molecule has 0 amide bonds. The van der Waals surface area contributed by atoms with Crippen LogP contribution in [0.3, 0.4) is 0 Å². The maximum atomic E-state index is 5.18. The van der Waals surface area contributed by atoms with Crippen molar-refractivity contribution in [3.8, 4) is 11.3 Å². The van der Waals surface area contributed by atoms with E-state index in [0.29, 0.717) is 6.04 Å². The number of hydrogen-bond acceptors (Lipinski definition) is 3. The molecule has 1 aliphatic rings. The third-order valence-corrected chi connectivity index (χ3v) is 4.00. The number of anilines is 1. The summed E-state index contributed by atoms with van der Waals surface area (Å²) in [6.07, 6.45) is 5.97. The van der Waals surface area contributed by atoms with Crippen LogP contribution in [0, 0.1) is 0 Å². The first-order valence-corrected chi connectivity index (χ1v) is 7.18. The van der Waals surface area contributed by atoms with Gasteiger partial charge in [0.2, 0.25) is 0 Å². The first-order chi connectivity index (χ1) is 9.81. The Morgan fingerprint density at radius 2 is 2.35 bits per heavy atom. The molecule has 0 spiro atoms. The lowest BCUT2D eigenvalue weighted by molar-refractivity contribution is 0.181. The second kappa shape index (κ2) is 5.67. The van der Waals surface area contributed by atoms with Gasteiger partial charge in [0.05, 0.1) is 18.2 Å². The molecule has 2 aromatic rings. The molecule has 1 atom stereocenters. The number of imidazole rings is 1. The molecule has 1 aliphatic heterocycles. The molecule has 0 aliphatic carbocycles. The lowest BCUT2D eigenvalue weighted by Crippen LogP contribution is -2.08. The van der Waals surface area contributed by atoms with Crippen molar-refractivity contribution in [3.05, 3.63) is 36.3 Å². The number of ether oxygens (including phenoxy) is 1. The Balaban J connectivity index is 1.96. The normalized spacial score (nSPS) is 14.9. The molecule has 1 N–H and O–H groups in total. The van der Waals surface area contributed by atoms with E-state index in [0.717, 1.165) is 26.0 Å². The van der Waals surface area contributed by atoms with Gasteiger partial charge >= 0.3 is 0 Å². The van der Waals surface area contributed by atoms with Crippen molar-refractivity contribution in [1.29, 1.82) is 0 Å². The Morgan fingerprint density at radius 1 is 1.45 bits per heavy atom. The first-order valence-electron chi connectivity index (χ1n) is 7.18. The number of hydrogen-bond donors (Lipinski definition) is 1. The number of rotatable bonds is 5. The number of nitrogens with zero attached hydrogens (tertiary/aromatic N) is 2. The standard InChI is InChI=1S/C16H21N3O/c1-12(7-9-20-2)19-11-17-10-15(19)14-5-3-4-13-6-8-18-16(13)14/h3-5,10-12,18H,6-9H2,1-2H3. The average molecular weight is 271 g/mol. The van der Waals surface area contributed by atoms with E-state index in [1.165, 1.54) is 22.5 Å². The predicted octanol–water partition coefficient (Wildman–Crippen LogP) is 3.12. The minimum absolute atomic E-state index is 0.379. The van der Waals surface area contributed by atoms with Gasteiger partial charge in [0.15, 0.2) is 0 Å². The fraction of sp³-hybridized carbons (Fsp3) is 0.438. The van der Waals surface area contributed by atoms with Crippen LogP contribution in [0.4, 0.5) is 5.69 Å². The summed E-state index contributed by atoms with van der Waals surface area (Å²) in [7, 11) is 1.75. The fourth-order valence-corrected chi connectivity index (χ4v) is 2.84. The minimum Gasteiger partial charge on any atom is -0.385 e. The predicted molar refractivity (Wildman–Crippen MR) is 81.1 cm³/mol. The lowest BCUT2D eigenvalue weighted by atomic mass is 10.0. The second-order valence-electron chi connectivity index (χ2n) is 5.33. The van der Waals surface area contributed by atoms with Crippen LogP contribution < -0.4 is 5.32 Å². The van der Waals surface area contributed by atoms with Crippen LogP contribution in [0.2, 0.25) is 0 Å². The van der Waals surface area contributed by atoms with Gasteiger partial charge in [0.25, 0.3) is 0 Å². The maximum Gasteiger partial charge on any atom is 0.0953 e. The van der Waals surface area contributed by atoms with Gasteiger partial charge in [-0.1, -0.05) is 18.2 Å². The second-order valence-corrected chi connectivity index (χ2v) is 5.33. The molecule has 3 rings (SSSR count). The van der Waals surface area contributed by atoms with Crippen molar-refractivity contribution >= 4 is 5.69 Å². The molecule has 0 fully saturated rings. The van der Waals surface area contributed by atoms with Crippen molar-refractivity contribution in [2.24, 2.45) is 0 Å². The fourth-order valence-electron chi connectivity index (χ4n) is 2.84. The number of para-hydroxylation sites is 1. The largest absolute Gasteiger partial charge is 0.385 e. The Morgan fingerprint density at radius 3 is 3.20 bits per heavy atom. The molecule has 20 heavy (non-hydrogen) atoms. The lowest BCUT2D eigenvalue weighted by Gasteiger charge is -2.18. The quantitative estimate of drug-likeness (QED) is 0.908. The summed E-state index contributed by atoms with van der Waals surface area (Å²) >= 11 is 0. The zero-order chi connectivity index (χ0) is 13.9. The van der Waals surface area contributed by atoms with E-state index in [2.05, 4.69) is 40.0 Å². The highest BCUT2D eigenvalue weighted by Gasteiger charge is 2.18. The summed E-state index contributed by atoms with van der Waals surface area (Å²) in [6.45, 7) is 4.00. The Bertz CT molecular complexity index is 591. The van der Waals surface area contributed by atoms with Crippen LogP contribution in [0.5, 0.6) is 0 Å². The topological polar surface area (TPSA) is 39.1 Å². The highest BCUT2D eigenvalue weighted by atomic mass is 16.5. The van der Waals surface area contributed by atoms with Gasteiger partial charge in [0.1, 0.15) is 0 Å². The molecule has 4 heteroatoms. The van der Waals surface area contributed by atoms with Gasteiger partial charge in [-0.25, -0.2) is 4.98 Å². The molecule has 1 unspecified atom stereocenters. The van der Waals surface area contributed by atoms with E-state index < -0.39 is 0 Å². The van der Waals surface area contributed by atoms with E-state index in [-0.39, 0.29) is 0 Å². The number of aromatic nitrogens is 2. The van der Waals surface area contributed by atoms with Crippen LogP contribution >= 0.6 is 0 Å². The van der Waals surface area contributed by atoms with Crippen molar-refractivity contribution in [1.82, 2.24) is 9.55 Å². The van der Waals surface area contributed by atoms with Gasteiger partial charge in [-0.3, -0.25) is 0 Å². The zero-order valence-electron chi connectivity index (χ0n) is 12.1. The summed E-state index contributed by atoms with van der Waals surface area (Å²) in [6, 6.07) is 6.89. The molecule has 2 heterocycles. The molecule has 106 valence electrons. The van der Waals surface area contributed by atoms with Gasteiger partial charge in [-0.05, 0) is 25.3 Å². The summed E-state index contributed by atoms with van der Waals surface area (Å²) < 4.78 is 7.43. The number of fused-ring (bicyclic) bond motifs is 1. The Kier molecular flexibility index (Phi) is 3.74. The van der Waals surface area contributed by atoms with E-state index in [1.54, 1.807) is 7.11 Å². The highest BCUT2D eigenvalue weighted by Crippen LogP contribution is 2.35. The van der Waals surface area contributed by atoms with Crippen LogP contribution in [-0.4, -0.2) is 29.8 Å². The highest BCUT2D eigenvalue weighted by molar-refractivity contribution is 5.79. The molecule has 4 nitrogen and oxygen atoms in total. The van der Waals surface area contributed by atoms with Gasteiger partial charge in [0, 0.05) is 37.6 Å². The van der Waals surface area contributed by atoms with E-state index in [9.17, 15) is 0 Å². The monoisotopic (exact) mass is 271 g/mol. The van der Waals surface area contributed by atoms with Crippen LogP contribution in [0.15, 0.2) is 30.7 Å². The molecule has 0 radical (unpaired) electrons. The van der Waals surface area contributed by atoms with Crippen molar-refractivity contribution in [3.63, 3.8) is 0 Å². The summed E-state index contributed by atoms with van der Waals surface area (Å²) in [5.74, 6) is 0.